The molecule has 1 N–H and O–H groups in total. The van der Waals surface area contributed by atoms with Crippen molar-refractivity contribution in [3.05, 3.63) is 65.7 Å². The molecule has 0 aromatic heterocycles. The largest absolute Gasteiger partial charge is 0.334 e. The van der Waals surface area contributed by atoms with E-state index in [-0.39, 0.29) is 6.03 Å². The second-order valence-corrected chi connectivity index (χ2v) is 4.36. The summed E-state index contributed by atoms with van der Waals surface area (Å²) < 4.78 is 0. The van der Waals surface area contributed by atoms with Crippen LogP contribution < -0.4 is 10.2 Å². The van der Waals surface area contributed by atoms with E-state index >= 15 is 0 Å². The number of hydrogen-bond acceptors (Lipinski definition) is 2. The Kier molecular flexibility index (Phi) is 4.35. The Morgan fingerprint density at radius 2 is 1.80 bits per heavy atom. The van der Waals surface area contributed by atoms with Crippen molar-refractivity contribution in [3.8, 4) is 6.07 Å². The van der Waals surface area contributed by atoms with E-state index in [0.717, 1.165) is 11.3 Å². The third-order valence-corrected chi connectivity index (χ3v) is 2.97. The first-order chi connectivity index (χ1) is 9.70. The summed E-state index contributed by atoms with van der Waals surface area (Å²) in [6, 6.07) is 18.5. The van der Waals surface area contributed by atoms with Crippen molar-refractivity contribution in [3.63, 3.8) is 0 Å². The maximum absolute atomic E-state index is 12.0. The number of nitriles is 1. The second-order valence-electron chi connectivity index (χ2n) is 4.36. The van der Waals surface area contributed by atoms with Crippen molar-refractivity contribution < 1.29 is 4.79 Å². The van der Waals surface area contributed by atoms with Gasteiger partial charge in [-0.3, -0.25) is 4.90 Å². The van der Waals surface area contributed by atoms with Crippen LogP contribution >= 0.6 is 0 Å². The summed E-state index contributed by atoms with van der Waals surface area (Å²) in [4.78, 5) is 13.5. The quantitative estimate of drug-likeness (QED) is 0.927. The molecular formula is C16H15N3O. The topological polar surface area (TPSA) is 56.1 Å². The van der Waals surface area contributed by atoms with Gasteiger partial charge in [0.15, 0.2) is 0 Å². The van der Waals surface area contributed by atoms with Crippen molar-refractivity contribution in [2.24, 2.45) is 0 Å². The fourth-order valence-corrected chi connectivity index (χ4v) is 1.77. The molecule has 20 heavy (non-hydrogen) atoms. The Morgan fingerprint density at radius 3 is 2.40 bits per heavy atom. The monoisotopic (exact) mass is 265 g/mol. The molecule has 0 aliphatic rings. The lowest BCUT2D eigenvalue weighted by Crippen LogP contribution is -2.36. The van der Waals surface area contributed by atoms with Crippen LogP contribution in [0.5, 0.6) is 0 Å². The second kappa shape index (κ2) is 6.39. The van der Waals surface area contributed by atoms with Crippen LogP contribution in [-0.2, 0) is 6.54 Å². The van der Waals surface area contributed by atoms with E-state index in [1.807, 2.05) is 36.4 Å². The molecule has 0 fully saturated rings. The van der Waals surface area contributed by atoms with Gasteiger partial charge in [0.05, 0.1) is 11.6 Å². The zero-order chi connectivity index (χ0) is 14.4. The summed E-state index contributed by atoms with van der Waals surface area (Å²) in [6.07, 6.45) is 0. The first-order valence-electron chi connectivity index (χ1n) is 6.26. The summed E-state index contributed by atoms with van der Waals surface area (Å²) in [7, 11) is 1.70. The highest BCUT2D eigenvalue weighted by atomic mass is 16.2. The summed E-state index contributed by atoms with van der Waals surface area (Å²) >= 11 is 0. The summed E-state index contributed by atoms with van der Waals surface area (Å²) in [5.41, 5.74) is 2.37. The molecule has 4 nitrogen and oxygen atoms in total. The minimum absolute atomic E-state index is 0.182. The number of nitrogens with zero attached hydrogens (tertiary/aromatic N) is 2. The van der Waals surface area contributed by atoms with Gasteiger partial charge in [0.1, 0.15) is 0 Å². The Bertz CT molecular complexity index is 614. The zero-order valence-corrected chi connectivity index (χ0v) is 11.2. The van der Waals surface area contributed by atoms with Crippen molar-refractivity contribution in [2.45, 2.75) is 6.54 Å². The molecule has 0 bridgehead atoms. The summed E-state index contributed by atoms with van der Waals surface area (Å²) in [5, 5.41) is 11.6. The van der Waals surface area contributed by atoms with Crippen molar-refractivity contribution in [2.75, 3.05) is 11.9 Å². The Morgan fingerprint density at radius 1 is 1.15 bits per heavy atom. The summed E-state index contributed by atoms with van der Waals surface area (Å²) in [6.45, 7) is 0.486. The van der Waals surface area contributed by atoms with Gasteiger partial charge in [0.2, 0.25) is 0 Å². The normalized spacial score (nSPS) is 9.60. The third kappa shape index (κ3) is 3.36. The molecule has 0 aliphatic carbocycles. The van der Waals surface area contributed by atoms with E-state index in [0.29, 0.717) is 12.1 Å². The van der Waals surface area contributed by atoms with Crippen LogP contribution in [0.2, 0.25) is 0 Å². The van der Waals surface area contributed by atoms with Crippen LogP contribution in [0.25, 0.3) is 0 Å². The Labute approximate surface area is 118 Å². The SMILES string of the molecule is CN(C(=O)NCc1ccccc1)c1ccc(C#N)cc1. The first-order valence-corrected chi connectivity index (χ1v) is 6.26. The minimum Gasteiger partial charge on any atom is -0.334 e. The predicted molar refractivity (Wildman–Crippen MR) is 78.2 cm³/mol. The number of urea groups is 1. The maximum atomic E-state index is 12.0. The van der Waals surface area contributed by atoms with Gasteiger partial charge in [0.25, 0.3) is 0 Å². The highest BCUT2D eigenvalue weighted by Gasteiger charge is 2.09. The lowest BCUT2D eigenvalue weighted by atomic mass is 10.2. The molecule has 0 aliphatic heterocycles. The molecular weight excluding hydrogens is 250 g/mol. The van der Waals surface area contributed by atoms with E-state index in [1.165, 1.54) is 4.90 Å². The van der Waals surface area contributed by atoms with Gasteiger partial charge in [-0.2, -0.15) is 5.26 Å². The molecule has 2 rings (SSSR count). The molecule has 2 amide bonds. The van der Waals surface area contributed by atoms with Crippen LogP contribution in [0, 0.1) is 11.3 Å². The molecule has 4 heteroatoms. The molecule has 2 aromatic carbocycles. The average Bonchev–Trinajstić information content (AvgIpc) is 2.53. The van der Waals surface area contributed by atoms with Crippen molar-refractivity contribution >= 4 is 11.7 Å². The van der Waals surface area contributed by atoms with E-state index < -0.39 is 0 Å². The van der Waals surface area contributed by atoms with Crippen LogP contribution in [-0.4, -0.2) is 13.1 Å². The number of hydrogen-bond donors (Lipinski definition) is 1. The first kappa shape index (κ1) is 13.6. The standard InChI is InChI=1S/C16H15N3O/c1-19(15-9-7-13(11-17)8-10-15)16(20)18-12-14-5-3-2-4-6-14/h2-10H,12H2,1H3,(H,18,20). The number of carbonyl (C=O) groups excluding carboxylic acids is 1. The van der Waals surface area contributed by atoms with Crippen LogP contribution in [0.15, 0.2) is 54.6 Å². The van der Waals surface area contributed by atoms with E-state index in [1.54, 1.807) is 31.3 Å². The summed E-state index contributed by atoms with van der Waals surface area (Å²) in [5.74, 6) is 0. The number of rotatable bonds is 3. The molecule has 0 saturated carbocycles. The number of amides is 2. The average molecular weight is 265 g/mol. The third-order valence-electron chi connectivity index (χ3n) is 2.97. The predicted octanol–water partition coefficient (Wildman–Crippen LogP) is 2.90. The lowest BCUT2D eigenvalue weighted by molar-refractivity contribution is 0.247. The number of anilines is 1. The van der Waals surface area contributed by atoms with Gasteiger partial charge in [-0.25, -0.2) is 4.79 Å². The molecule has 0 atom stereocenters. The smallest absolute Gasteiger partial charge is 0.321 e. The highest BCUT2D eigenvalue weighted by Crippen LogP contribution is 2.13. The Hall–Kier alpha value is -2.80. The molecule has 0 saturated heterocycles. The van der Waals surface area contributed by atoms with Gasteiger partial charge < -0.3 is 5.32 Å². The van der Waals surface area contributed by atoms with Gasteiger partial charge in [0, 0.05) is 19.3 Å². The van der Waals surface area contributed by atoms with E-state index in [4.69, 9.17) is 5.26 Å². The minimum atomic E-state index is -0.182. The number of benzene rings is 2. The zero-order valence-electron chi connectivity index (χ0n) is 11.2. The highest BCUT2D eigenvalue weighted by molar-refractivity contribution is 5.91. The van der Waals surface area contributed by atoms with Gasteiger partial charge in [-0.15, -0.1) is 0 Å². The van der Waals surface area contributed by atoms with Crippen LogP contribution in [0.4, 0.5) is 10.5 Å². The maximum Gasteiger partial charge on any atom is 0.321 e. The van der Waals surface area contributed by atoms with Crippen LogP contribution in [0.1, 0.15) is 11.1 Å². The van der Waals surface area contributed by atoms with Gasteiger partial charge in [-0.05, 0) is 29.8 Å². The van der Waals surface area contributed by atoms with Crippen molar-refractivity contribution in [1.29, 1.82) is 5.26 Å². The molecule has 2 aromatic rings. The fourth-order valence-electron chi connectivity index (χ4n) is 1.77. The number of nitrogens with one attached hydrogen (secondary N) is 1. The van der Waals surface area contributed by atoms with Gasteiger partial charge >= 0.3 is 6.03 Å². The van der Waals surface area contributed by atoms with E-state index in [9.17, 15) is 4.79 Å². The molecule has 0 spiro atoms. The van der Waals surface area contributed by atoms with Crippen LogP contribution in [0.3, 0.4) is 0 Å². The molecule has 0 heterocycles. The fraction of sp³-hybridized carbons (Fsp3) is 0.125. The van der Waals surface area contributed by atoms with Gasteiger partial charge in [-0.1, -0.05) is 30.3 Å². The van der Waals surface area contributed by atoms with E-state index in [2.05, 4.69) is 5.32 Å². The molecule has 0 radical (unpaired) electrons. The Balaban J connectivity index is 1.96. The van der Waals surface area contributed by atoms with Crippen molar-refractivity contribution in [1.82, 2.24) is 5.32 Å². The lowest BCUT2D eigenvalue weighted by Gasteiger charge is -2.18. The molecule has 0 unspecified atom stereocenters. The number of carbonyl (C=O) groups is 1. The molecule has 100 valence electrons.